The van der Waals surface area contributed by atoms with E-state index in [1.54, 1.807) is 0 Å². The Kier molecular flexibility index (Phi) is 4.04. The molecule has 1 rings (SSSR count). The lowest BCUT2D eigenvalue weighted by atomic mass is 10.1. The predicted octanol–water partition coefficient (Wildman–Crippen LogP) is 3.84. The monoisotopic (exact) mass is 172 g/mol. The molecule has 0 atom stereocenters. The average molecular weight is 172 g/mol. The summed E-state index contributed by atoms with van der Waals surface area (Å²) < 4.78 is 0. The maximum absolute atomic E-state index is 2.18. The van der Waals surface area contributed by atoms with E-state index in [1.165, 1.54) is 11.1 Å². The summed E-state index contributed by atoms with van der Waals surface area (Å²) in [5, 5.41) is 0. The summed E-state index contributed by atoms with van der Waals surface area (Å²) >= 11 is 0. The molecule has 68 valence electrons. The number of benzene rings is 1. The van der Waals surface area contributed by atoms with Crippen molar-refractivity contribution in [2.24, 2.45) is 0 Å². The van der Waals surface area contributed by atoms with E-state index < -0.39 is 0 Å². The molecular weight excluding hydrogens is 156 g/mol. The van der Waals surface area contributed by atoms with Gasteiger partial charge in [-0.3, -0.25) is 0 Å². The van der Waals surface area contributed by atoms with Gasteiger partial charge in [-0.1, -0.05) is 48.6 Å². The second kappa shape index (κ2) is 5.36. The molecule has 0 aliphatic rings. The van der Waals surface area contributed by atoms with Crippen LogP contribution in [0.15, 0.2) is 42.5 Å². The Morgan fingerprint density at radius 2 is 1.69 bits per heavy atom. The van der Waals surface area contributed by atoms with Crippen LogP contribution in [0, 0.1) is 0 Å². The Hall–Kier alpha value is -1.30. The molecule has 0 spiro atoms. The minimum absolute atomic E-state index is 1.03. The predicted molar refractivity (Wildman–Crippen MR) is 59.7 cm³/mol. The van der Waals surface area contributed by atoms with Gasteiger partial charge in [-0.15, -0.1) is 0 Å². The van der Waals surface area contributed by atoms with Crippen LogP contribution in [-0.4, -0.2) is 0 Å². The highest BCUT2D eigenvalue weighted by Crippen LogP contribution is 2.07. The summed E-state index contributed by atoms with van der Waals surface area (Å²) in [6.07, 6.45) is 9.46. The SMILES string of the molecule is CC=CCc1ccc(C=CC)cc1. The van der Waals surface area contributed by atoms with E-state index in [0.717, 1.165) is 6.42 Å². The third kappa shape index (κ3) is 3.29. The Morgan fingerprint density at radius 3 is 2.23 bits per heavy atom. The molecule has 1 aromatic rings. The molecule has 0 bridgehead atoms. The van der Waals surface area contributed by atoms with Crippen LogP contribution in [0.2, 0.25) is 0 Å². The van der Waals surface area contributed by atoms with Gasteiger partial charge in [0.15, 0.2) is 0 Å². The van der Waals surface area contributed by atoms with Gasteiger partial charge < -0.3 is 0 Å². The Morgan fingerprint density at radius 1 is 1.00 bits per heavy atom. The molecule has 13 heavy (non-hydrogen) atoms. The molecule has 0 saturated heterocycles. The fourth-order valence-corrected chi connectivity index (χ4v) is 1.21. The molecule has 0 aromatic heterocycles. The van der Waals surface area contributed by atoms with Gasteiger partial charge >= 0.3 is 0 Å². The van der Waals surface area contributed by atoms with Crippen LogP contribution in [0.3, 0.4) is 0 Å². The molecular formula is C13H16. The van der Waals surface area contributed by atoms with E-state index in [0.29, 0.717) is 0 Å². The smallest absolute Gasteiger partial charge is 0.00976 e. The molecule has 0 fully saturated rings. The molecule has 0 radical (unpaired) electrons. The summed E-state index contributed by atoms with van der Waals surface area (Å²) in [5.74, 6) is 0. The first-order valence-electron chi connectivity index (χ1n) is 4.69. The van der Waals surface area contributed by atoms with Crippen LogP contribution < -0.4 is 0 Å². The molecule has 0 aliphatic carbocycles. The van der Waals surface area contributed by atoms with Crippen LogP contribution in [0.1, 0.15) is 25.0 Å². The lowest BCUT2D eigenvalue weighted by molar-refractivity contribution is 1.26. The van der Waals surface area contributed by atoms with Crippen LogP contribution in [-0.2, 0) is 6.42 Å². The fraction of sp³-hybridized carbons (Fsp3) is 0.231. The summed E-state index contributed by atoms with van der Waals surface area (Å²) in [4.78, 5) is 0. The zero-order valence-electron chi connectivity index (χ0n) is 8.33. The first-order valence-corrected chi connectivity index (χ1v) is 4.69. The van der Waals surface area contributed by atoms with Crippen molar-refractivity contribution in [2.75, 3.05) is 0 Å². The number of rotatable bonds is 3. The van der Waals surface area contributed by atoms with Crippen LogP contribution >= 0.6 is 0 Å². The molecule has 0 unspecified atom stereocenters. The van der Waals surface area contributed by atoms with Crippen molar-refractivity contribution in [3.8, 4) is 0 Å². The molecule has 1 aromatic carbocycles. The Labute approximate surface area is 80.6 Å². The zero-order valence-corrected chi connectivity index (χ0v) is 8.33. The van der Waals surface area contributed by atoms with E-state index in [9.17, 15) is 0 Å². The van der Waals surface area contributed by atoms with Crippen molar-refractivity contribution in [3.05, 3.63) is 53.6 Å². The molecule has 0 saturated carbocycles. The van der Waals surface area contributed by atoms with Crippen LogP contribution in [0.25, 0.3) is 6.08 Å². The van der Waals surface area contributed by atoms with E-state index >= 15 is 0 Å². The Balaban J connectivity index is 2.69. The first kappa shape index (κ1) is 9.79. The quantitative estimate of drug-likeness (QED) is 0.608. The van der Waals surface area contributed by atoms with Gasteiger partial charge in [-0.05, 0) is 31.4 Å². The second-order valence-corrected chi connectivity index (χ2v) is 3.01. The third-order valence-electron chi connectivity index (χ3n) is 1.93. The Bertz CT molecular complexity index is 288. The van der Waals surface area contributed by atoms with Crippen molar-refractivity contribution in [3.63, 3.8) is 0 Å². The van der Waals surface area contributed by atoms with Crippen molar-refractivity contribution in [1.82, 2.24) is 0 Å². The first-order chi connectivity index (χ1) is 6.36. The van der Waals surface area contributed by atoms with E-state index in [1.807, 2.05) is 13.8 Å². The second-order valence-electron chi connectivity index (χ2n) is 3.01. The van der Waals surface area contributed by atoms with Crippen LogP contribution in [0.4, 0.5) is 0 Å². The standard InChI is InChI=1S/C13H16/c1-3-5-7-13-10-8-12(6-4-2)9-11-13/h3-6,8-11H,7H2,1-2H3. The summed E-state index contributed by atoms with van der Waals surface area (Å²) in [6, 6.07) is 8.66. The minimum Gasteiger partial charge on any atom is -0.0913 e. The van der Waals surface area contributed by atoms with Gasteiger partial charge in [0.1, 0.15) is 0 Å². The summed E-state index contributed by atoms with van der Waals surface area (Å²) in [7, 11) is 0. The molecule has 0 aliphatic heterocycles. The van der Waals surface area contributed by atoms with Gasteiger partial charge in [-0.2, -0.15) is 0 Å². The molecule has 0 N–H and O–H groups in total. The normalized spacial score (nSPS) is 11.5. The summed E-state index contributed by atoms with van der Waals surface area (Å²) in [5.41, 5.74) is 2.64. The van der Waals surface area contributed by atoms with E-state index in [4.69, 9.17) is 0 Å². The molecule has 0 amide bonds. The van der Waals surface area contributed by atoms with Crippen molar-refractivity contribution in [1.29, 1.82) is 0 Å². The molecule has 0 heterocycles. The van der Waals surface area contributed by atoms with Gasteiger partial charge in [0.25, 0.3) is 0 Å². The largest absolute Gasteiger partial charge is 0.0913 e. The zero-order chi connectivity index (χ0) is 9.52. The van der Waals surface area contributed by atoms with Crippen molar-refractivity contribution < 1.29 is 0 Å². The van der Waals surface area contributed by atoms with Gasteiger partial charge in [0, 0.05) is 0 Å². The van der Waals surface area contributed by atoms with Crippen LogP contribution in [0.5, 0.6) is 0 Å². The lowest BCUT2D eigenvalue weighted by Crippen LogP contribution is -1.80. The van der Waals surface area contributed by atoms with Crippen molar-refractivity contribution >= 4 is 6.08 Å². The van der Waals surface area contributed by atoms with Gasteiger partial charge in [-0.25, -0.2) is 0 Å². The summed E-state index contributed by atoms with van der Waals surface area (Å²) in [6.45, 7) is 4.09. The molecule has 0 nitrogen and oxygen atoms in total. The lowest BCUT2D eigenvalue weighted by Gasteiger charge is -1.97. The van der Waals surface area contributed by atoms with Gasteiger partial charge in [0.05, 0.1) is 0 Å². The fourth-order valence-electron chi connectivity index (χ4n) is 1.21. The average Bonchev–Trinajstić information content (AvgIpc) is 2.17. The topological polar surface area (TPSA) is 0 Å². The van der Waals surface area contributed by atoms with E-state index in [2.05, 4.69) is 48.6 Å². The minimum atomic E-state index is 1.03. The van der Waals surface area contributed by atoms with Crippen molar-refractivity contribution in [2.45, 2.75) is 20.3 Å². The van der Waals surface area contributed by atoms with Gasteiger partial charge in [0.2, 0.25) is 0 Å². The number of hydrogen-bond acceptors (Lipinski definition) is 0. The number of hydrogen-bond donors (Lipinski definition) is 0. The maximum atomic E-state index is 2.18. The highest BCUT2D eigenvalue weighted by Gasteiger charge is 1.88. The highest BCUT2D eigenvalue weighted by atomic mass is 13.9. The number of allylic oxidation sites excluding steroid dienone is 3. The maximum Gasteiger partial charge on any atom is -0.00976 e. The van der Waals surface area contributed by atoms with E-state index in [-0.39, 0.29) is 0 Å². The molecule has 0 heteroatoms. The third-order valence-corrected chi connectivity index (χ3v) is 1.93. The highest BCUT2D eigenvalue weighted by molar-refractivity contribution is 5.49.